The molecule has 0 fully saturated rings. The molecule has 5 heteroatoms. The second-order valence-electron chi connectivity index (χ2n) is 13.5. The molecule has 0 bridgehead atoms. The number of nitrogens with zero attached hydrogens (tertiary/aromatic N) is 4. The third kappa shape index (κ3) is 5.77. The van der Waals surface area contributed by atoms with Crippen molar-refractivity contribution < 1.29 is 4.74 Å². The van der Waals surface area contributed by atoms with Crippen LogP contribution in [0, 0.1) is 19.8 Å². The molecule has 1 aliphatic rings. The molecule has 5 nitrogen and oxygen atoms in total. The molecular weight excluding hydrogens is 576 g/mol. The van der Waals surface area contributed by atoms with E-state index in [4.69, 9.17) is 14.8 Å². The number of ether oxygens (including phenoxy) is 1. The molecule has 0 N–H and O–H groups in total. The number of aryl methyl sites for hydroxylation is 3. The van der Waals surface area contributed by atoms with E-state index in [-0.39, 0.29) is 0 Å². The van der Waals surface area contributed by atoms with Gasteiger partial charge in [0.25, 0.3) is 0 Å². The lowest BCUT2D eigenvalue weighted by Crippen LogP contribution is -2.18. The van der Waals surface area contributed by atoms with E-state index in [2.05, 4.69) is 124 Å². The molecule has 3 aromatic heterocycles. The molecule has 0 saturated carbocycles. The van der Waals surface area contributed by atoms with Gasteiger partial charge in [0.1, 0.15) is 17.3 Å². The van der Waals surface area contributed by atoms with Crippen LogP contribution in [0.25, 0.3) is 33.3 Å². The molecule has 0 aliphatic heterocycles. The first kappa shape index (κ1) is 31.0. The number of rotatable bonds is 9. The van der Waals surface area contributed by atoms with Crippen LogP contribution in [-0.4, -0.2) is 19.3 Å². The summed E-state index contributed by atoms with van der Waals surface area (Å²) in [5.41, 5.74) is 11.2. The average molecular weight is 623 g/mol. The van der Waals surface area contributed by atoms with Crippen LogP contribution in [0.5, 0.6) is 11.5 Å². The summed E-state index contributed by atoms with van der Waals surface area (Å²) in [5.74, 6) is 3.56. The minimum atomic E-state index is 0.433. The molecule has 3 heterocycles. The van der Waals surface area contributed by atoms with Crippen LogP contribution in [0.1, 0.15) is 87.4 Å². The molecule has 0 radical (unpaired) electrons. The Bertz CT molecular complexity index is 2110. The Kier molecular flexibility index (Phi) is 8.48. The fourth-order valence-electron chi connectivity index (χ4n) is 7.76. The maximum Gasteiger partial charge on any atom is 0.137 e. The lowest BCUT2D eigenvalue weighted by molar-refractivity contribution is 0.445. The monoisotopic (exact) mass is 622 g/mol. The van der Waals surface area contributed by atoms with Crippen LogP contribution in [0.15, 0.2) is 90.6 Å². The van der Waals surface area contributed by atoms with Gasteiger partial charge in [-0.3, -0.25) is 4.57 Å². The van der Waals surface area contributed by atoms with Crippen molar-refractivity contribution in [3.8, 4) is 23.0 Å². The maximum atomic E-state index is 6.69. The van der Waals surface area contributed by atoms with Crippen molar-refractivity contribution >= 4 is 21.8 Å². The van der Waals surface area contributed by atoms with Crippen LogP contribution in [0.2, 0.25) is 0 Å². The number of para-hydroxylation sites is 1. The van der Waals surface area contributed by atoms with Gasteiger partial charge in [-0.2, -0.15) is 5.10 Å². The Morgan fingerprint density at radius 1 is 0.809 bits per heavy atom. The van der Waals surface area contributed by atoms with Crippen LogP contribution < -0.4 is 4.74 Å². The first-order chi connectivity index (χ1) is 22.9. The van der Waals surface area contributed by atoms with E-state index in [9.17, 15) is 0 Å². The van der Waals surface area contributed by atoms with Gasteiger partial charge in [0, 0.05) is 46.3 Å². The first-order valence-electron chi connectivity index (χ1n) is 17.4. The molecule has 0 saturated heterocycles. The second-order valence-corrected chi connectivity index (χ2v) is 13.5. The zero-order valence-electron chi connectivity index (χ0n) is 28.7. The van der Waals surface area contributed by atoms with Crippen molar-refractivity contribution in [3.63, 3.8) is 0 Å². The van der Waals surface area contributed by atoms with Gasteiger partial charge in [0.15, 0.2) is 0 Å². The smallest absolute Gasteiger partial charge is 0.137 e. The van der Waals surface area contributed by atoms with Crippen LogP contribution >= 0.6 is 0 Å². The summed E-state index contributed by atoms with van der Waals surface area (Å²) in [5, 5.41) is 7.75. The summed E-state index contributed by atoms with van der Waals surface area (Å²) in [7, 11) is 0. The molecular formula is C42H46N4O. The van der Waals surface area contributed by atoms with E-state index >= 15 is 0 Å². The van der Waals surface area contributed by atoms with Crippen molar-refractivity contribution in [1.29, 1.82) is 0 Å². The lowest BCUT2D eigenvalue weighted by Gasteiger charge is -2.30. The summed E-state index contributed by atoms with van der Waals surface area (Å²) >= 11 is 0. The largest absolute Gasteiger partial charge is 0.457 e. The van der Waals surface area contributed by atoms with Gasteiger partial charge in [0.2, 0.25) is 0 Å². The highest BCUT2D eigenvalue weighted by atomic mass is 16.5. The van der Waals surface area contributed by atoms with Crippen molar-refractivity contribution in [2.24, 2.45) is 5.92 Å². The number of allylic oxidation sites excluding steroid dienone is 2. The summed E-state index contributed by atoms with van der Waals surface area (Å²) in [4.78, 5) is 4.75. The fourth-order valence-corrected chi connectivity index (χ4v) is 7.76. The Labute approximate surface area is 278 Å². The zero-order chi connectivity index (χ0) is 32.7. The number of benzene rings is 3. The second kappa shape index (κ2) is 12.9. The predicted molar refractivity (Wildman–Crippen MR) is 195 cm³/mol. The van der Waals surface area contributed by atoms with Gasteiger partial charge in [-0.1, -0.05) is 63.5 Å². The van der Waals surface area contributed by atoms with E-state index in [1.807, 2.05) is 12.3 Å². The van der Waals surface area contributed by atoms with Gasteiger partial charge >= 0.3 is 0 Å². The van der Waals surface area contributed by atoms with Crippen molar-refractivity contribution in [2.75, 3.05) is 0 Å². The van der Waals surface area contributed by atoms with Gasteiger partial charge in [-0.05, 0) is 106 Å². The Hall–Kier alpha value is -4.64. The summed E-state index contributed by atoms with van der Waals surface area (Å²) in [6, 6.07) is 25.6. The first-order valence-corrected chi connectivity index (χ1v) is 17.4. The van der Waals surface area contributed by atoms with E-state index in [0.717, 1.165) is 65.3 Å². The van der Waals surface area contributed by atoms with E-state index in [0.29, 0.717) is 11.8 Å². The zero-order valence-corrected chi connectivity index (χ0v) is 28.7. The fraction of sp³-hybridized carbons (Fsp3) is 0.333. The predicted octanol–water partition coefficient (Wildman–Crippen LogP) is 11.1. The molecule has 1 unspecified atom stereocenters. The van der Waals surface area contributed by atoms with Crippen molar-refractivity contribution in [1.82, 2.24) is 19.3 Å². The molecule has 240 valence electrons. The standard InChI is InChI=1S/C42H46N4O/c1-7-12-36-42(41-29(5)14-11-15-30(41)6)38(13-8-2)46(44-36)31-22-28(4)23-33(25-31)47-32-18-19-35-34-16-9-10-17-37(34)45(39(35)26-32)40-24-27(3)20-21-43-40/h9-10,14,16-26,30,41H,7-8,11-13,15H2,1-6H3/t30-,41?/m0/s1. The van der Waals surface area contributed by atoms with Crippen LogP contribution in [0.4, 0.5) is 0 Å². The molecule has 7 rings (SSSR count). The molecule has 3 aromatic carbocycles. The summed E-state index contributed by atoms with van der Waals surface area (Å²) in [6.07, 6.45) is 10.9. The number of pyridine rings is 1. The Balaban J connectivity index is 1.32. The molecule has 1 aliphatic carbocycles. The highest BCUT2D eigenvalue weighted by Gasteiger charge is 2.31. The third-order valence-electron chi connectivity index (χ3n) is 9.82. The van der Waals surface area contributed by atoms with Crippen molar-refractivity contribution in [3.05, 3.63) is 119 Å². The molecule has 47 heavy (non-hydrogen) atoms. The van der Waals surface area contributed by atoms with E-state index in [1.54, 1.807) is 0 Å². The molecule has 0 spiro atoms. The Morgan fingerprint density at radius 2 is 1.62 bits per heavy atom. The van der Waals surface area contributed by atoms with Gasteiger partial charge < -0.3 is 4.74 Å². The molecule has 2 atom stereocenters. The van der Waals surface area contributed by atoms with E-state index in [1.165, 1.54) is 51.7 Å². The number of aromatic nitrogens is 4. The highest BCUT2D eigenvalue weighted by molar-refractivity contribution is 6.09. The number of fused-ring (bicyclic) bond motifs is 3. The highest BCUT2D eigenvalue weighted by Crippen LogP contribution is 2.43. The van der Waals surface area contributed by atoms with Crippen LogP contribution in [0.3, 0.4) is 0 Å². The van der Waals surface area contributed by atoms with E-state index < -0.39 is 0 Å². The quantitative estimate of drug-likeness (QED) is 0.151. The maximum absolute atomic E-state index is 6.69. The normalized spacial score (nSPS) is 16.6. The van der Waals surface area contributed by atoms with Crippen molar-refractivity contribution in [2.45, 2.75) is 86.0 Å². The van der Waals surface area contributed by atoms with Crippen LogP contribution in [-0.2, 0) is 12.8 Å². The molecule has 0 amide bonds. The summed E-state index contributed by atoms with van der Waals surface area (Å²) < 4.78 is 11.2. The van der Waals surface area contributed by atoms with Gasteiger partial charge in [-0.25, -0.2) is 9.67 Å². The minimum absolute atomic E-state index is 0.433. The van der Waals surface area contributed by atoms with Gasteiger partial charge in [-0.15, -0.1) is 0 Å². The number of hydrogen-bond donors (Lipinski definition) is 0. The average Bonchev–Trinajstić information content (AvgIpc) is 3.56. The third-order valence-corrected chi connectivity index (χ3v) is 9.82. The summed E-state index contributed by atoms with van der Waals surface area (Å²) in [6.45, 7) is 13.5. The van der Waals surface area contributed by atoms with Gasteiger partial charge in [0.05, 0.1) is 22.4 Å². The Morgan fingerprint density at radius 3 is 2.40 bits per heavy atom. The minimum Gasteiger partial charge on any atom is -0.457 e. The molecule has 6 aromatic rings. The number of hydrogen-bond acceptors (Lipinski definition) is 3. The SMILES string of the molecule is CCCc1nn(-c2cc(C)cc(Oc3ccc4c5ccccc5n(-c5cc(C)ccn5)c4c3)c2)c(CCC)c1C1C(C)=CCC[C@@H]1C. The lowest BCUT2D eigenvalue weighted by atomic mass is 9.74. The topological polar surface area (TPSA) is 44.9 Å².